The number of amides is 2. The molecule has 31 heavy (non-hydrogen) atoms. The molecule has 0 atom stereocenters. The van der Waals surface area contributed by atoms with Gasteiger partial charge in [0.05, 0.1) is 23.3 Å². The Bertz CT molecular complexity index is 1210. The molecule has 0 fully saturated rings. The predicted molar refractivity (Wildman–Crippen MR) is 125 cm³/mol. The van der Waals surface area contributed by atoms with Crippen molar-refractivity contribution in [3.05, 3.63) is 93.9 Å². The second-order valence-electron chi connectivity index (χ2n) is 7.54. The number of rotatable bonds is 5. The standard InChI is InChI=1S/C26H23NO3S/c1-16-10-13-22(30-4)21(14-16)27-25(28)23(19-12-11-17(2)18(3)15-19)24(26(27)29)31-20-8-6-5-7-9-20/h5-15H,1-4H3. The molecule has 1 aliphatic rings. The second-order valence-corrected chi connectivity index (χ2v) is 8.62. The fourth-order valence-electron chi connectivity index (χ4n) is 3.56. The Hall–Kier alpha value is -3.31. The van der Waals surface area contributed by atoms with Crippen LogP contribution in [0.3, 0.4) is 0 Å². The summed E-state index contributed by atoms with van der Waals surface area (Å²) in [6, 6.07) is 21.0. The topological polar surface area (TPSA) is 46.6 Å². The minimum absolute atomic E-state index is 0.337. The maximum atomic E-state index is 13.7. The number of carbonyl (C=O) groups is 2. The van der Waals surface area contributed by atoms with E-state index >= 15 is 0 Å². The van der Waals surface area contributed by atoms with E-state index in [2.05, 4.69) is 0 Å². The number of aryl methyl sites for hydroxylation is 3. The van der Waals surface area contributed by atoms with Gasteiger partial charge in [-0.15, -0.1) is 0 Å². The van der Waals surface area contributed by atoms with E-state index in [4.69, 9.17) is 4.74 Å². The van der Waals surface area contributed by atoms with Crippen molar-refractivity contribution in [3.8, 4) is 5.75 Å². The van der Waals surface area contributed by atoms with Gasteiger partial charge in [0.15, 0.2) is 0 Å². The molecular formula is C26H23NO3S. The highest BCUT2D eigenvalue weighted by Crippen LogP contribution is 2.43. The summed E-state index contributed by atoms with van der Waals surface area (Å²) in [6.07, 6.45) is 0. The van der Waals surface area contributed by atoms with Crippen LogP contribution in [0.4, 0.5) is 5.69 Å². The number of hydrogen-bond donors (Lipinski definition) is 0. The number of ether oxygens (including phenoxy) is 1. The van der Waals surface area contributed by atoms with Gasteiger partial charge in [-0.25, -0.2) is 4.90 Å². The minimum Gasteiger partial charge on any atom is -0.495 e. The molecule has 4 rings (SSSR count). The van der Waals surface area contributed by atoms with Crippen molar-refractivity contribution in [1.82, 2.24) is 0 Å². The minimum atomic E-state index is -0.337. The van der Waals surface area contributed by atoms with Crippen LogP contribution in [-0.2, 0) is 9.59 Å². The Morgan fingerprint density at radius 1 is 0.806 bits per heavy atom. The molecule has 0 saturated carbocycles. The Balaban J connectivity index is 1.88. The number of nitrogens with zero attached hydrogens (tertiary/aromatic N) is 1. The lowest BCUT2D eigenvalue weighted by molar-refractivity contribution is -0.119. The van der Waals surface area contributed by atoms with E-state index in [1.165, 1.54) is 23.8 Å². The van der Waals surface area contributed by atoms with Crippen molar-refractivity contribution in [2.75, 3.05) is 12.0 Å². The van der Waals surface area contributed by atoms with E-state index in [-0.39, 0.29) is 11.8 Å². The highest BCUT2D eigenvalue weighted by Gasteiger charge is 2.41. The van der Waals surface area contributed by atoms with Gasteiger partial charge in [-0.1, -0.05) is 54.2 Å². The van der Waals surface area contributed by atoms with Gasteiger partial charge in [0.25, 0.3) is 11.8 Å². The molecule has 1 aliphatic heterocycles. The average molecular weight is 430 g/mol. The number of benzene rings is 3. The number of carbonyl (C=O) groups excluding carboxylic acids is 2. The van der Waals surface area contributed by atoms with Gasteiger partial charge < -0.3 is 4.74 Å². The van der Waals surface area contributed by atoms with Gasteiger partial charge in [-0.2, -0.15) is 0 Å². The maximum absolute atomic E-state index is 13.7. The van der Waals surface area contributed by atoms with Crippen LogP contribution in [0.15, 0.2) is 76.5 Å². The first-order chi connectivity index (χ1) is 14.9. The lowest BCUT2D eigenvalue weighted by Gasteiger charge is -2.19. The van der Waals surface area contributed by atoms with Crippen molar-refractivity contribution in [1.29, 1.82) is 0 Å². The van der Waals surface area contributed by atoms with E-state index in [9.17, 15) is 9.59 Å². The van der Waals surface area contributed by atoms with E-state index < -0.39 is 0 Å². The molecule has 0 spiro atoms. The van der Waals surface area contributed by atoms with Crippen molar-refractivity contribution in [2.24, 2.45) is 0 Å². The van der Waals surface area contributed by atoms with Crippen LogP contribution in [0, 0.1) is 20.8 Å². The average Bonchev–Trinajstić information content (AvgIpc) is 3.00. The third-order valence-electron chi connectivity index (χ3n) is 5.38. The summed E-state index contributed by atoms with van der Waals surface area (Å²) in [5.41, 5.74) is 4.77. The molecule has 0 radical (unpaired) electrons. The summed E-state index contributed by atoms with van der Waals surface area (Å²) in [7, 11) is 1.54. The molecule has 0 aromatic heterocycles. The van der Waals surface area contributed by atoms with E-state index in [1.807, 2.05) is 81.4 Å². The molecule has 3 aromatic carbocycles. The fraction of sp³-hybridized carbons (Fsp3) is 0.154. The maximum Gasteiger partial charge on any atom is 0.273 e. The predicted octanol–water partition coefficient (Wildman–Crippen LogP) is 5.70. The van der Waals surface area contributed by atoms with E-state index in [0.717, 1.165) is 27.1 Å². The molecule has 3 aromatic rings. The smallest absolute Gasteiger partial charge is 0.273 e. The molecule has 0 aliphatic carbocycles. The quantitative estimate of drug-likeness (QED) is 0.488. The van der Waals surface area contributed by atoms with Gasteiger partial charge in [0.1, 0.15) is 5.75 Å². The van der Waals surface area contributed by atoms with Crippen LogP contribution in [0.5, 0.6) is 5.75 Å². The Labute approximate surface area is 186 Å². The summed E-state index contributed by atoms with van der Waals surface area (Å²) in [6.45, 7) is 5.95. The molecule has 0 unspecified atom stereocenters. The van der Waals surface area contributed by atoms with Crippen molar-refractivity contribution < 1.29 is 14.3 Å². The molecule has 0 bridgehead atoms. The van der Waals surface area contributed by atoms with Crippen LogP contribution < -0.4 is 9.64 Å². The first kappa shape index (κ1) is 20.9. The molecule has 1 heterocycles. The largest absolute Gasteiger partial charge is 0.495 e. The first-order valence-corrected chi connectivity index (χ1v) is 10.8. The SMILES string of the molecule is COc1ccc(C)cc1N1C(=O)C(Sc2ccccc2)=C(c2ccc(C)c(C)c2)C1=O. The highest BCUT2D eigenvalue weighted by molar-refractivity contribution is 8.04. The number of thioether (sulfide) groups is 1. The van der Waals surface area contributed by atoms with Crippen LogP contribution >= 0.6 is 11.8 Å². The molecule has 4 nitrogen and oxygen atoms in total. The monoisotopic (exact) mass is 429 g/mol. The second kappa shape index (κ2) is 8.44. The summed E-state index contributed by atoms with van der Waals surface area (Å²) < 4.78 is 5.47. The Morgan fingerprint density at radius 2 is 1.55 bits per heavy atom. The van der Waals surface area contributed by atoms with Gasteiger partial charge in [0, 0.05) is 4.90 Å². The van der Waals surface area contributed by atoms with Crippen LogP contribution in [-0.4, -0.2) is 18.9 Å². The third kappa shape index (κ3) is 3.89. The summed E-state index contributed by atoms with van der Waals surface area (Å²) in [5.74, 6) is -0.190. The molecule has 5 heteroatoms. The Morgan fingerprint density at radius 3 is 2.23 bits per heavy atom. The van der Waals surface area contributed by atoms with Crippen LogP contribution in [0.25, 0.3) is 5.57 Å². The summed E-state index contributed by atoms with van der Waals surface area (Å²) in [5, 5.41) is 0. The third-order valence-corrected chi connectivity index (χ3v) is 6.47. The van der Waals surface area contributed by atoms with Crippen molar-refractivity contribution in [3.63, 3.8) is 0 Å². The molecule has 0 saturated heterocycles. The molecule has 2 amide bonds. The zero-order valence-electron chi connectivity index (χ0n) is 17.9. The van der Waals surface area contributed by atoms with E-state index in [0.29, 0.717) is 21.9 Å². The number of hydrogen-bond acceptors (Lipinski definition) is 4. The van der Waals surface area contributed by atoms with E-state index in [1.54, 1.807) is 6.07 Å². The van der Waals surface area contributed by atoms with Crippen molar-refractivity contribution >= 4 is 34.8 Å². The summed E-state index contributed by atoms with van der Waals surface area (Å²) >= 11 is 1.32. The highest BCUT2D eigenvalue weighted by atomic mass is 32.2. The molecule has 156 valence electrons. The molecule has 0 N–H and O–H groups in total. The normalized spacial score (nSPS) is 13.9. The lowest BCUT2D eigenvalue weighted by atomic mass is 10.0. The van der Waals surface area contributed by atoms with Gasteiger partial charge >= 0.3 is 0 Å². The lowest BCUT2D eigenvalue weighted by Crippen LogP contribution is -2.31. The van der Waals surface area contributed by atoms with Gasteiger partial charge in [-0.3, -0.25) is 9.59 Å². The zero-order valence-corrected chi connectivity index (χ0v) is 18.7. The van der Waals surface area contributed by atoms with Gasteiger partial charge in [-0.05, 0) is 67.3 Å². The zero-order chi connectivity index (χ0) is 22.1. The van der Waals surface area contributed by atoms with Crippen LogP contribution in [0.2, 0.25) is 0 Å². The summed E-state index contributed by atoms with van der Waals surface area (Å²) in [4.78, 5) is 29.8. The number of imide groups is 1. The Kier molecular flexibility index (Phi) is 5.70. The first-order valence-electron chi connectivity index (χ1n) is 9.99. The molecular weight excluding hydrogens is 406 g/mol. The number of methoxy groups -OCH3 is 1. The van der Waals surface area contributed by atoms with Crippen molar-refractivity contribution in [2.45, 2.75) is 25.7 Å². The van der Waals surface area contributed by atoms with Crippen LogP contribution in [0.1, 0.15) is 22.3 Å². The fourth-order valence-corrected chi connectivity index (χ4v) is 4.57. The van der Waals surface area contributed by atoms with Gasteiger partial charge in [0.2, 0.25) is 0 Å². The number of anilines is 1.